The van der Waals surface area contributed by atoms with E-state index in [2.05, 4.69) is 22.8 Å². The highest BCUT2D eigenvalue weighted by Crippen LogP contribution is 2.30. The zero-order valence-electron chi connectivity index (χ0n) is 7.18. The minimum atomic E-state index is 0.307. The van der Waals surface area contributed by atoms with Crippen LogP contribution in [0.2, 0.25) is 0 Å². The molecule has 0 aromatic rings. The molecule has 1 atom stereocenters. The Morgan fingerprint density at radius 2 is 2.50 bits per heavy atom. The normalized spacial score (nSPS) is 31.2. The smallest absolute Gasteiger partial charge is 0.0672 e. The lowest BCUT2D eigenvalue weighted by molar-refractivity contribution is -0.0657. The van der Waals surface area contributed by atoms with Gasteiger partial charge in [-0.1, -0.05) is 0 Å². The van der Waals surface area contributed by atoms with Crippen molar-refractivity contribution in [1.82, 2.24) is 5.32 Å². The summed E-state index contributed by atoms with van der Waals surface area (Å²) >= 11 is 0. The Morgan fingerprint density at radius 1 is 1.67 bits per heavy atom. The van der Waals surface area contributed by atoms with Gasteiger partial charge in [-0.3, -0.25) is 0 Å². The topological polar surface area (TPSA) is 33.6 Å². The first-order valence-electron chi connectivity index (χ1n) is 4.36. The van der Waals surface area contributed by atoms with Gasteiger partial charge in [0.1, 0.15) is 0 Å². The van der Waals surface area contributed by atoms with Crippen LogP contribution in [-0.2, 0) is 4.74 Å². The van der Waals surface area contributed by atoms with E-state index in [9.17, 15) is 0 Å². The van der Waals surface area contributed by atoms with Crippen LogP contribution in [0.3, 0.4) is 0 Å². The van der Waals surface area contributed by atoms with Crippen molar-refractivity contribution in [3.8, 4) is 0 Å². The van der Waals surface area contributed by atoms with Gasteiger partial charge in [-0.25, -0.2) is 4.99 Å². The molecular weight excluding hydrogens is 152 g/mol. The van der Waals surface area contributed by atoms with E-state index in [1.165, 1.54) is 6.42 Å². The van der Waals surface area contributed by atoms with Crippen molar-refractivity contribution in [2.24, 2.45) is 10.9 Å². The number of nitrogens with one attached hydrogen (secondary N) is 1. The highest BCUT2D eigenvalue weighted by atomic mass is 16.5. The summed E-state index contributed by atoms with van der Waals surface area (Å²) in [5, 5.41) is 3.50. The van der Waals surface area contributed by atoms with Crippen LogP contribution >= 0.6 is 0 Å². The summed E-state index contributed by atoms with van der Waals surface area (Å²) in [5.74, 6) is 3.23. The quantitative estimate of drug-likeness (QED) is 0.595. The molecule has 2 saturated heterocycles. The Kier molecular flexibility index (Phi) is 2.01. The van der Waals surface area contributed by atoms with Gasteiger partial charge in [-0.15, -0.1) is 0 Å². The molecule has 2 heterocycles. The molecule has 3 nitrogen and oxygen atoms in total. The van der Waals surface area contributed by atoms with Crippen LogP contribution in [0.15, 0.2) is 11.6 Å². The van der Waals surface area contributed by atoms with Crippen LogP contribution < -0.4 is 5.32 Å². The van der Waals surface area contributed by atoms with Gasteiger partial charge in [0.25, 0.3) is 0 Å². The van der Waals surface area contributed by atoms with E-state index >= 15 is 0 Å². The molecule has 0 radical (unpaired) electrons. The molecule has 0 aromatic heterocycles. The predicted octanol–water partition coefficient (Wildman–Crippen LogP) is 0.221. The van der Waals surface area contributed by atoms with Crippen LogP contribution in [0.25, 0.3) is 0 Å². The zero-order chi connectivity index (χ0) is 8.44. The summed E-state index contributed by atoms with van der Waals surface area (Å²) in [6, 6.07) is 0. The van der Waals surface area contributed by atoms with Crippen molar-refractivity contribution < 1.29 is 4.74 Å². The number of nitrogens with zero attached hydrogens (tertiary/aromatic N) is 1. The molecule has 0 aromatic carbocycles. The maximum atomic E-state index is 5.19. The third kappa shape index (κ3) is 1.31. The molecule has 2 aliphatic rings. The van der Waals surface area contributed by atoms with Gasteiger partial charge in [0, 0.05) is 6.54 Å². The fourth-order valence-corrected chi connectivity index (χ4v) is 1.95. The van der Waals surface area contributed by atoms with Crippen molar-refractivity contribution in [3.05, 3.63) is 6.58 Å². The summed E-state index contributed by atoms with van der Waals surface area (Å²) in [6.45, 7) is 7.13. The monoisotopic (exact) mass is 166 g/mol. The molecule has 66 valence electrons. The number of hydrogen-bond donors (Lipinski definition) is 1. The number of hydrogen-bond acceptors (Lipinski definition) is 3. The third-order valence-corrected chi connectivity index (χ3v) is 2.66. The van der Waals surface area contributed by atoms with Crippen molar-refractivity contribution >= 4 is 5.87 Å². The van der Waals surface area contributed by atoms with Crippen LogP contribution in [0.1, 0.15) is 6.42 Å². The molecule has 0 amide bonds. The number of aliphatic imine (C=N–C) groups is 1. The number of rotatable bonds is 2. The summed E-state index contributed by atoms with van der Waals surface area (Å²) in [6.07, 6.45) is 1.19. The second-order valence-electron chi connectivity index (χ2n) is 3.72. The first-order valence-corrected chi connectivity index (χ1v) is 4.36. The largest absolute Gasteiger partial charge is 0.377 e. The van der Waals surface area contributed by atoms with Gasteiger partial charge < -0.3 is 10.1 Å². The molecular formula is C9H14N2O. The van der Waals surface area contributed by atoms with Crippen LogP contribution in [-0.4, -0.2) is 37.7 Å². The van der Waals surface area contributed by atoms with E-state index in [4.69, 9.17) is 4.74 Å². The van der Waals surface area contributed by atoms with Gasteiger partial charge >= 0.3 is 0 Å². The molecule has 2 rings (SSSR count). The first kappa shape index (κ1) is 7.99. The van der Waals surface area contributed by atoms with E-state index in [-0.39, 0.29) is 0 Å². The maximum absolute atomic E-state index is 5.19. The van der Waals surface area contributed by atoms with Gasteiger partial charge in [0.15, 0.2) is 0 Å². The van der Waals surface area contributed by atoms with Crippen molar-refractivity contribution in [2.45, 2.75) is 12.0 Å². The summed E-state index contributed by atoms with van der Waals surface area (Å²) < 4.78 is 5.19. The molecule has 3 heteroatoms. The molecule has 2 fully saturated rings. The maximum Gasteiger partial charge on any atom is 0.0672 e. The first-order chi connectivity index (χ1) is 5.85. The van der Waals surface area contributed by atoms with Gasteiger partial charge in [0.2, 0.25) is 0 Å². The molecule has 1 spiro atoms. The molecule has 2 aliphatic heterocycles. The van der Waals surface area contributed by atoms with E-state index in [1.54, 1.807) is 0 Å². The zero-order valence-corrected chi connectivity index (χ0v) is 7.18. The fraction of sp³-hybridized carbons (Fsp3) is 0.778. The minimum absolute atomic E-state index is 0.307. The molecule has 0 saturated carbocycles. The van der Waals surface area contributed by atoms with Crippen LogP contribution in [0.5, 0.6) is 0 Å². The van der Waals surface area contributed by atoms with E-state index in [0.717, 1.165) is 26.3 Å². The SMILES string of the molecule is C=C=NCC1CNC2(COC2)C1. The molecule has 1 unspecified atom stereocenters. The Labute approximate surface area is 72.5 Å². The predicted molar refractivity (Wildman–Crippen MR) is 47.6 cm³/mol. The van der Waals surface area contributed by atoms with Crippen LogP contribution in [0.4, 0.5) is 0 Å². The number of ether oxygens (including phenoxy) is 1. The third-order valence-electron chi connectivity index (χ3n) is 2.66. The van der Waals surface area contributed by atoms with Crippen molar-refractivity contribution in [1.29, 1.82) is 0 Å². The Balaban J connectivity index is 1.85. The van der Waals surface area contributed by atoms with E-state index in [0.29, 0.717) is 11.5 Å². The lowest BCUT2D eigenvalue weighted by atomic mass is 9.91. The molecule has 0 aliphatic carbocycles. The lowest BCUT2D eigenvalue weighted by Crippen LogP contribution is -2.56. The Morgan fingerprint density at radius 3 is 3.00 bits per heavy atom. The van der Waals surface area contributed by atoms with E-state index in [1.807, 2.05) is 0 Å². The summed E-state index contributed by atoms with van der Waals surface area (Å²) in [5.41, 5.74) is 0.307. The average molecular weight is 166 g/mol. The summed E-state index contributed by atoms with van der Waals surface area (Å²) in [7, 11) is 0. The highest BCUT2D eigenvalue weighted by Gasteiger charge is 2.44. The van der Waals surface area contributed by atoms with Gasteiger partial charge in [0.05, 0.1) is 25.3 Å². The van der Waals surface area contributed by atoms with Crippen molar-refractivity contribution in [2.75, 3.05) is 26.3 Å². The van der Waals surface area contributed by atoms with Gasteiger partial charge in [-0.2, -0.15) is 0 Å². The Hall–Kier alpha value is -0.630. The highest BCUT2D eigenvalue weighted by molar-refractivity contribution is 5.46. The summed E-state index contributed by atoms with van der Waals surface area (Å²) in [4.78, 5) is 4.04. The standard InChI is InChI=1S/C9H14N2O/c1-2-10-4-8-3-9(11-5-8)6-12-7-9/h8,11H,1,3-7H2. The fourth-order valence-electron chi connectivity index (χ4n) is 1.95. The second kappa shape index (κ2) is 3.02. The lowest BCUT2D eigenvalue weighted by Gasteiger charge is -2.38. The van der Waals surface area contributed by atoms with Crippen LogP contribution in [0, 0.1) is 5.92 Å². The molecule has 12 heavy (non-hydrogen) atoms. The van der Waals surface area contributed by atoms with Crippen molar-refractivity contribution in [3.63, 3.8) is 0 Å². The van der Waals surface area contributed by atoms with E-state index < -0.39 is 0 Å². The molecule has 1 N–H and O–H groups in total. The Bertz CT molecular complexity index is 217. The second-order valence-corrected chi connectivity index (χ2v) is 3.72. The average Bonchev–Trinajstić information content (AvgIpc) is 2.44. The van der Waals surface area contributed by atoms with Gasteiger partial charge in [-0.05, 0) is 24.8 Å². The minimum Gasteiger partial charge on any atom is -0.377 e. The molecule has 0 bridgehead atoms.